The molecule has 0 saturated carbocycles. The van der Waals surface area contributed by atoms with E-state index in [1.807, 2.05) is 36.4 Å². The zero-order chi connectivity index (χ0) is 22.9. The van der Waals surface area contributed by atoms with Crippen LogP contribution in [0.15, 0.2) is 82.8 Å². The van der Waals surface area contributed by atoms with Crippen LogP contribution < -0.4 is 10.1 Å². The fourth-order valence-electron chi connectivity index (χ4n) is 2.79. The summed E-state index contributed by atoms with van der Waals surface area (Å²) in [7, 11) is 0. The van der Waals surface area contributed by atoms with Crippen LogP contribution in [0.3, 0.4) is 0 Å². The normalized spacial score (nSPS) is 10.8. The van der Waals surface area contributed by atoms with Gasteiger partial charge in [0.2, 0.25) is 0 Å². The van der Waals surface area contributed by atoms with Crippen molar-refractivity contribution in [3.63, 3.8) is 0 Å². The number of carbonyl (C=O) groups excluding carboxylic acids is 1. The minimum atomic E-state index is -0.453. The second-order valence-electron chi connectivity index (χ2n) is 6.74. The molecule has 32 heavy (non-hydrogen) atoms. The second-order valence-corrected chi connectivity index (χ2v) is 7.59. The maximum atomic E-state index is 12.3. The van der Waals surface area contributed by atoms with Crippen LogP contribution in [0.25, 0.3) is 6.08 Å². The molecule has 0 saturated heterocycles. The van der Waals surface area contributed by atoms with Crippen LogP contribution >= 0.6 is 15.9 Å². The van der Waals surface area contributed by atoms with Crippen LogP contribution in [0.4, 0.5) is 5.69 Å². The standard InChI is InChI=1S/C24H18BrN3O4/c25-22-13-19(12-20(14-26)24(29)27-15-17-4-2-1-3-5-17)8-11-23(22)32-16-18-6-9-21(10-7-18)28(30)31/h1-13H,15-16H2,(H,27,29)/b20-12-. The van der Waals surface area contributed by atoms with Crippen LogP contribution in [0, 0.1) is 21.4 Å². The summed E-state index contributed by atoms with van der Waals surface area (Å²) in [5.74, 6) is 0.110. The molecule has 3 rings (SSSR count). The van der Waals surface area contributed by atoms with Gasteiger partial charge in [-0.05, 0) is 63.0 Å². The third-order valence-electron chi connectivity index (χ3n) is 4.47. The first-order chi connectivity index (χ1) is 15.5. The molecule has 3 aromatic carbocycles. The molecule has 0 radical (unpaired) electrons. The first kappa shape index (κ1) is 22.7. The van der Waals surface area contributed by atoms with E-state index in [0.29, 0.717) is 22.3 Å². The number of benzene rings is 3. The van der Waals surface area contributed by atoms with Crippen LogP contribution in [0.5, 0.6) is 5.75 Å². The number of nitro groups is 1. The summed E-state index contributed by atoms with van der Waals surface area (Å²) < 4.78 is 6.41. The lowest BCUT2D eigenvalue weighted by atomic mass is 10.1. The largest absolute Gasteiger partial charge is 0.488 e. The molecule has 8 heteroatoms. The zero-order valence-electron chi connectivity index (χ0n) is 16.8. The van der Waals surface area contributed by atoms with Gasteiger partial charge in [-0.3, -0.25) is 14.9 Å². The zero-order valence-corrected chi connectivity index (χ0v) is 18.4. The lowest BCUT2D eigenvalue weighted by molar-refractivity contribution is -0.384. The van der Waals surface area contributed by atoms with Gasteiger partial charge in [-0.25, -0.2) is 0 Å². The van der Waals surface area contributed by atoms with Crippen molar-refractivity contribution in [2.24, 2.45) is 0 Å². The van der Waals surface area contributed by atoms with E-state index in [4.69, 9.17) is 4.74 Å². The molecule has 0 bridgehead atoms. The smallest absolute Gasteiger partial charge is 0.269 e. The summed E-state index contributed by atoms with van der Waals surface area (Å²) in [6.07, 6.45) is 1.51. The predicted molar refractivity (Wildman–Crippen MR) is 123 cm³/mol. The quantitative estimate of drug-likeness (QED) is 0.202. The van der Waals surface area contributed by atoms with Crippen LogP contribution in [0.1, 0.15) is 16.7 Å². The Hall–Kier alpha value is -3.96. The maximum Gasteiger partial charge on any atom is 0.269 e. The highest BCUT2D eigenvalue weighted by atomic mass is 79.9. The van der Waals surface area contributed by atoms with Gasteiger partial charge in [0.05, 0.1) is 9.40 Å². The molecule has 7 nitrogen and oxygen atoms in total. The number of halogens is 1. The summed E-state index contributed by atoms with van der Waals surface area (Å²) in [4.78, 5) is 22.6. The molecule has 0 aliphatic rings. The molecule has 0 aromatic heterocycles. The minimum absolute atomic E-state index is 0.00706. The van der Waals surface area contributed by atoms with Crippen LogP contribution in [-0.2, 0) is 17.9 Å². The average Bonchev–Trinajstić information content (AvgIpc) is 2.81. The van der Waals surface area contributed by atoms with Gasteiger partial charge >= 0.3 is 0 Å². The summed E-state index contributed by atoms with van der Waals surface area (Å²) in [6.45, 7) is 0.564. The van der Waals surface area contributed by atoms with E-state index in [1.54, 1.807) is 30.3 Å². The van der Waals surface area contributed by atoms with Crippen molar-refractivity contribution in [3.05, 3.63) is 110 Å². The van der Waals surface area contributed by atoms with Crippen molar-refractivity contribution < 1.29 is 14.5 Å². The highest BCUT2D eigenvalue weighted by Gasteiger charge is 2.10. The number of nitrogens with one attached hydrogen (secondary N) is 1. The molecule has 3 aromatic rings. The number of rotatable bonds is 8. The van der Waals surface area contributed by atoms with Crippen molar-refractivity contribution >= 4 is 33.6 Å². The molecule has 160 valence electrons. The Morgan fingerprint density at radius 2 is 1.81 bits per heavy atom. The van der Waals surface area contributed by atoms with E-state index in [0.717, 1.165) is 11.1 Å². The summed E-state index contributed by atoms with van der Waals surface area (Å²) >= 11 is 3.43. The number of carbonyl (C=O) groups is 1. The molecular formula is C24H18BrN3O4. The predicted octanol–water partition coefficient (Wildman–Crippen LogP) is 5.16. The molecule has 1 amide bonds. The highest BCUT2D eigenvalue weighted by molar-refractivity contribution is 9.10. The second kappa shape index (κ2) is 10.9. The summed E-state index contributed by atoms with van der Waals surface area (Å²) in [5, 5.41) is 22.9. The minimum Gasteiger partial charge on any atom is -0.488 e. The van der Waals surface area contributed by atoms with Gasteiger partial charge in [0.1, 0.15) is 24.0 Å². The van der Waals surface area contributed by atoms with Gasteiger partial charge in [0.15, 0.2) is 0 Å². The highest BCUT2D eigenvalue weighted by Crippen LogP contribution is 2.28. The van der Waals surface area contributed by atoms with E-state index < -0.39 is 10.8 Å². The monoisotopic (exact) mass is 491 g/mol. The van der Waals surface area contributed by atoms with Gasteiger partial charge in [-0.2, -0.15) is 5.26 Å². The van der Waals surface area contributed by atoms with Crippen molar-refractivity contribution in [2.75, 3.05) is 0 Å². The summed E-state index contributed by atoms with van der Waals surface area (Å²) in [6, 6.07) is 22.7. The molecule has 0 spiro atoms. The Labute approximate surface area is 193 Å². The third-order valence-corrected chi connectivity index (χ3v) is 5.09. The number of nitriles is 1. The van der Waals surface area contributed by atoms with E-state index in [9.17, 15) is 20.2 Å². The van der Waals surface area contributed by atoms with Crippen LogP contribution in [0.2, 0.25) is 0 Å². The molecule has 1 N–H and O–H groups in total. The van der Waals surface area contributed by atoms with E-state index in [-0.39, 0.29) is 17.9 Å². The number of non-ortho nitro benzene ring substituents is 1. The first-order valence-corrected chi connectivity index (χ1v) is 10.3. The number of nitro benzene ring substituents is 1. The van der Waals surface area contributed by atoms with Crippen molar-refractivity contribution in [3.8, 4) is 11.8 Å². The third kappa shape index (κ3) is 6.27. The van der Waals surface area contributed by atoms with E-state index in [1.165, 1.54) is 18.2 Å². The van der Waals surface area contributed by atoms with Crippen molar-refractivity contribution in [1.82, 2.24) is 5.32 Å². The SMILES string of the molecule is N#C/C(=C/c1ccc(OCc2ccc([N+](=O)[O-])cc2)c(Br)c1)C(=O)NCc1ccccc1. The van der Waals surface area contributed by atoms with Crippen molar-refractivity contribution in [2.45, 2.75) is 13.2 Å². The van der Waals surface area contributed by atoms with Gasteiger partial charge in [-0.1, -0.05) is 36.4 Å². The Morgan fingerprint density at radius 3 is 2.44 bits per heavy atom. The van der Waals surface area contributed by atoms with Crippen LogP contribution in [-0.4, -0.2) is 10.8 Å². The number of nitrogens with zero attached hydrogens (tertiary/aromatic N) is 2. The Kier molecular flexibility index (Phi) is 7.73. The lowest BCUT2D eigenvalue weighted by Gasteiger charge is -2.09. The van der Waals surface area contributed by atoms with Gasteiger partial charge in [0.25, 0.3) is 11.6 Å². The number of ether oxygens (including phenoxy) is 1. The number of hydrogen-bond acceptors (Lipinski definition) is 5. The molecule has 0 aliphatic heterocycles. The molecule has 0 fully saturated rings. The fourth-order valence-corrected chi connectivity index (χ4v) is 3.30. The number of hydrogen-bond donors (Lipinski definition) is 1. The Balaban J connectivity index is 1.63. The fraction of sp³-hybridized carbons (Fsp3) is 0.0833. The van der Waals surface area contributed by atoms with Gasteiger partial charge in [-0.15, -0.1) is 0 Å². The molecular weight excluding hydrogens is 474 g/mol. The lowest BCUT2D eigenvalue weighted by Crippen LogP contribution is -2.23. The average molecular weight is 492 g/mol. The van der Waals surface area contributed by atoms with E-state index >= 15 is 0 Å². The molecule has 0 unspecified atom stereocenters. The maximum absolute atomic E-state index is 12.3. The van der Waals surface area contributed by atoms with E-state index in [2.05, 4.69) is 21.2 Å². The number of amides is 1. The Bertz CT molecular complexity index is 1190. The topological polar surface area (TPSA) is 105 Å². The van der Waals surface area contributed by atoms with Crippen molar-refractivity contribution in [1.29, 1.82) is 5.26 Å². The van der Waals surface area contributed by atoms with Gasteiger partial charge < -0.3 is 10.1 Å². The van der Waals surface area contributed by atoms with Gasteiger partial charge in [0, 0.05) is 18.7 Å². The summed E-state index contributed by atoms with van der Waals surface area (Å²) in [5.41, 5.74) is 2.40. The molecule has 0 aliphatic carbocycles. The molecule has 0 heterocycles. The first-order valence-electron chi connectivity index (χ1n) is 9.56. The molecule has 0 atom stereocenters. The Morgan fingerprint density at radius 1 is 1.09 bits per heavy atom.